The van der Waals surface area contributed by atoms with E-state index >= 15 is 0 Å². The minimum absolute atomic E-state index is 0.0413. The second-order valence-corrected chi connectivity index (χ2v) is 12.5. The molecule has 4 aromatic carbocycles. The molecule has 0 unspecified atom stereocenters. The van der Waals surface area contributed by atoms with Crippen LogP contribution in [0.3, 0.4) is 0 Å². The highest BCUT2D eigenvalue weighted by atomic mass is 32.2. The van der Waals surface area contributed by atoms with Gasteiger partial charge in [0, 0.05) is 45.3 Å². The average Bonchev–Trinajstić information content (AvgIpc) is 2.89. The van der Waals surface area contributed by atoms with Gasteiger partial charge in [0.15, 0.2) is 0 Å². The van der Waals surface area contributed by atoms with Gasteiger partial charge in [0.05, 0.1) is 36.2 Å². The van der Waals surface area contributed by atoms with E-state index in [2.05, 4.69) is 33.0 Å². The number of thioether (sulfide) groups is 2. The van der Waals surface area contributed by atoms with Crippen LogP contribution in [0.4, 0.5) is 22.7 Å². The van der Waals surface area contributed by atoms with Gasteiger partial charge in [-0.15, -0.1) is 23.5 Å². The Hall–Kier alpha value is -3.89. The molecule has 0 saturated carbocycles. The molecule has 0 atom stereocenters. The standard InChI is InChI=1S/C29H28N4O4S2/c1-18(2)38-28(17-30-24-13-5-11-22-20(24)9-7-15-26(22)32(34)35)29(39-19(3)4)31-25-14-6-12-23-21(25)10-8-16-27(23)33(36)37/h5-19,31H,1-4H3/b29-28-,30-17?. The van der Waals surface area contributed by atoms with Crippen molar-refractivity contribution in [1.82, 2.24) is 0 Å². The summed E-state index contributed by atoms with van der Waals surface area (Å²) >= 11 is 3.29. The van der Waals surface area contributed by atoms with Gasteiger partial charge >= 0.3 is 0 Å². The van der Waals surface area contributed by atoms with Crippen molar-refractivity contribution in [3.8, 4) is 0 Å². The van der Waals surface area contributed by atoms with Gasteiger partial charge in [0.1, 0.15) is 0 Å². The highest BCUT2D eigenvalue weighted by Crippen LogP contribution is 2.38. The first-order valence-corrected chi connectivity index (χ1v) is 14.1. The van der Waals surface area contributed by atoms with E-state index < -0.39 is 0 Å². The highest BCUT2D eigenvalue weighted by Gasteiger charge is 2.17. The molecular formula is C29H28N4O4S2. The largest absolute Gasteiger partial charge is 0.349 e. The molecule has 0 aromatic heterocycles. The van der Waals surface area contributed by atoms with Gasteiger partial charge < -0.3 is 5.32 Å². The van der Waals surface area contributed by atoms with Crippen LogP contribution in [0.15, 0.2) is 87.7 Å². The summed E-state index contributed by atoms with van der Waals surface area (Å²) in [4.78, 5) is 28.1. The molecule has 0 spiro atoms. The lowest BCUT2D eigenvalue weighted by Gasteiger charge is -2.18. The quantitative estimate of drug-likeness (QED) is 0.117. The van der Waals surface area contributed by atoms with E-state index in [9.17, 15) is 20.2 Å². The summed E-state index contributed by atoms with van der Waals surface area (Å²) in [5, 5.41) is 30.6. The lowest BCUT2D eigenvalue weighted by Crippen LogP contribution is -2.06. The lowest BCUT2D eigenvalue weighted by atomic mass is 10.1. The van der Waals surface area contributed by atoms with Crippen molar-refractivity contribution >= 4 is 74.0 Å². The zero-order valence-electron chi connectivity index (χ0n) is 22.0. The lowest BCUT2D eigenvalue weighted by molar-refractivity contribution is -0.383. The van der Waals surface area contributed by atoms with Crippen LogP contribution in [0.1, 0.15) is 27.7 Å². The third-order valence-electron chi connectivity index (χ3n) is 5.68. The van der Waals surface area contributed by atoms with E-state index in [4.69, 9.17) is 4.99 Å². The summed E-state index contributed by atoms with van der Waals surface area (Å²) in [5.74, 6) is 0. The minimum atomic E-state index is -0.383. The molecule has 4 rings (SSSR count). The molecule has 0 saturated heterocycles. The van der Waals surface area contributed by atoms with E-state index in [1.54, 1.807) is 60.1 Å². The van der Waals surface area contributed by atoms with Crippen LogP contribution in [-0.2, 0) is 0 Å². The van der Waals surface area contributed by atoms with Crippen LogP contribution in [-0.4, -0.2) is 26.6 Å². The van der Waals surface area contributed by atoms with Crippen molar-refractivity contribution in [2.45, 2.75) is 38.2 Å². The predicted molar refractivity (Wildman–Crippen MR) is 165 cm³/mol. The number of benzene rings is 4. The highest BCUT2D eigenvalue weighted by molar-refractivity contribution is 8.07. The second kappa shape index (κ2) is 12.3. The Balaban J connectivity index is 1.84. The van der Waals surface area contributed by atoms with Crippen molar-refractivity contribution < 1.29 is 9.85 Å². The van der Waals surface area contributed by atoms with E-state index in [-0.39, 0.29) is 31.7 Å². The van der Waals surface area contributed by atoms with E-state index in [1.807, 2.05) is 30.3 Å². The fraction of sp³-hybridized carbons (Fsp3) is 0.207. The van der Waals surface area contributed by atoms with E-state index in [0.29, 0.717) is 21.8 Å². The Labute approximate surface area is 234 Å². The molecule has 10 heteroatoms. The molecule has 0 heterocycles. The molecule has 8 nitrogen and oxygen atoms in total. The van der Waals surface area contributed by atoms with Crippen LogP contribution in [0.5, 0.6) is 0 Å². The van der Waals surface area contributed by atoms with Gasteiger partial charge in [0.25, 0.3) is 11.4 Å². The van der Waals surface area contributed by atoms with Gasteiger partial charge in [0.2, 0.25) is 0 Å². The molecule has 0 aliphatic carbocycles. The van der Waals surface area contributed by atoms with Gasteiger partial charge in [-0.1, -0.05) is 64.1 Å². The number of nitro benzene ring substituents is 2. The molecule has 0 aliphatic rings. The summed E-state index contributed by atoms with van der Waals surface area (Å²) in [6.45, 7) is 8.38. The number of nitro groups is 2. The summed E-state index contributed by atoms with van der Waals surface area (Å²) in [5.41, 5.74) is 1.49. The predicted octanol–water partition coefficient (Wildman–Crippen LogP) is 9.08. The fourth-order valence-electron chi connectivity index (χ4n) is 4.14. The normalized spacial score (nSPS) is 12.5. The van der Waals surface area contributed by atoms with Crippen molar-refractivity contribution in [3.63, 3.8) is 0 Å². The number of aliphatic imine (C=N–C) groups is 1. The third kappa shape index (κ3) is 6.58. The Morgan fingerprint density at radius 1 is 0.744 bits per heavy atom. The van der Waals surface area contributed by atoms with Crippen molar-refractivity contribution in [3.05, 3.63) is 103 Å². The first kappa shape index (κ1) is 28.1. The topological polar surface area (TPSA) is 111 Å². The second-order valence-electron chi connectivity index (χ2n) is 9.25. The van der Waals surface area contributed by atoms with Crippen molar-refractivity contribution in [2.24, 2.45) is 4.99 Å². The molecule has 4 aromatic rings. The summed E-state index contributed by atoms with van der Waals surface area (Å²) in [6.07, 6.45) is 1.80. The Morgan fingerprint density at radius 2 is 1.26 bits per heavy atom. The van der Waals surface area contributed by atoms with Crippen LogP contribution < -0.4 is 5.32 Å². The molecule has 0 fully saturated rings. The number of fused-ring (bicyclic) bond motifs is 2. The average molecular weight is 561 g/mol. The van der Waals surface area contributed by atoms with Crippen LogP contribution in [0.2, 0.25) is 0 Å². The van der Waals surface area contributed by atoms with Gasteiger partial charge in [-0.05, 0) is 24.3 Å². The van der Waals surface area contributed by atoms with Gasteiger partial charge in [-0.3, -0.25) is 25.2 Å². The first-order chi connectivity index (χ1) is 18.7. The first-order valence-electron chi connectivity index (χ1n) is 12.4. The number of non-ortho nitro benzene ring substituents is 2. The maximum Gasteiger partial charge on any atom is 0.277 e. The smallest absolute Gasteiger partial charge is 0.277 e. The van der Waals surface area contributed by atoms with E-state index in [1.165, 1.54) is 12.1 Å². The molecule has 0 bridgehead atoms. The van der Waals surface area contributed by atoms with Gasteiger partial charge in [-0.25, -0.2) is 0 Å². The molecule has 0 amide bonds. The van der Waals surface area contributed by atoms with Gasteiger partial charge in [-0.2, -0.15) is 0 Å². The number of nitrogens with one attached hydrogen (secondary N) is 1. The third-order valence-corrected chi connectivity index (χ3v) is 7.87. The summed E-state index contributed by atoms with van der Waals surface area (Å²) in [7, 11) is 0. The molecule has 0 aliphatic heterocycles. The summed E-state index contributed by atoms with van der Waals surface area (Å²) < 4.78 is 0. The van der Waals surface area contributed by atoms with Crippen molar-refractivity contribution in [1.29, 1.82) is 0 Å². The Kier molecular flexibility index (Phi) is 8.88. The molecular weight excluding hydrogens is 532 g/mol. The zero-order chi connectivity index (χ0) is 28.1. The summed E-state index contributed by atoms with van der Waals surface area (Å²) in [6, 6.07) is 20.9. The number of hydrogen-bond acceptors (Lipinski definition) is 8. The minimum Gasteiger partial charge on any atom is -0.349 e. The Bertz CT molecular complexity index is 1620. The monoisotopic (exact) mass is 560 g/mol. The SMILES string of the molecule is CC(C)S/C(C=Nc1cccc2c([N+](=O)[O-])cccc12)=C(/Nc1cccc2c([N+](=O)[O-])cccc12)SC(C)C. The maximum absolute atomic E-state index is 11.6. The number of nitrogens with zero attached hydrogens (tertiary/aromatic N) is 3. The maximum atomic E-state index is 11.6. The Morgan fingerprint density at radius 3 is 1.85 bits per heavy atom. The molecule has 0 radical (unpaired) electrons. The number of hydrogen-bond donors (Lipinski definition) is 1. The number of allylic oxidation sites excluding steroid dienone is 1. The fourth-order valence-corrected chi connectivity index (χ4v) is 6.02. The van der Waals surface area contributed by atoms with E-state index in [0.717, 1.165) is 21.0 Å². The molecule has 39 heavy (non-hydrogen) atoms. The van der Waals surface area contributed by atoms with Crippen LogP contribution in [0.25, 0.3) is 21.5 Å². The van der Waals surface area contributed by atoms with Crippen LogP contribution >= 0.6 is 23.5 Å². The number of anilines is 1. The molecule has 1 N–H and O–H groups in total. The zero-order valence-corrected chi connectivity index (χ0v) is 23.6. The van der Waals surface area contributed by atoms with Crippen LogP contribution in [0, 0.1) is 20.2 Å². The number of rotatable bonds is 10. The molecule has 200 valence electrons. The van der Waals surface area contributed by atoms with Crippen molar-refractivity contribution in [2.75, 3.05) is 5.32 Å².